The second-order valence-corrected chi connectivity index (χ2v) is 4.06. The number of rotatable bonds is 4. The lowest BCUT2D eigenvalue weighted by molar-refractivity contribution is 0.859. The zero-order chi connectivity index (χ0) is 10.5. The highest BCUT2D eigenvalue weighted by molar-refractivity contribution is 6.29. The predicted octanol–water partition coefficient (Wildman–Crippen LogP) is 3.04. The van der Waals surface area contributed by atoms with Gasteiger partial charge in [-0.15, -0.1) is 10.2 Å². The smallest absolute Gasteiger partial charge is 0.151 e. The van der Waals surface area contributed by atoms with Crippen LogP contribution in [0.5, 0.6) is 0 Å². The van der Waals surface area contributed by atoms with Crippen LogP contribution in [-0.4, -0.2) is 16.7 Å². The molecule has 0 spiro atoms. The van der Waals surface area contributed by atoms with Gasteiger partial charge in [-0.1, -0.05) is 23.3 Å². The average Bonchev–Trinajstić information content (AvgIpc) is 2.74. The van der Waals surface area contributed by atoms with Crippen LogP contribution in [0.3, 0.4) is 0 Å². The van der Waals surface area contributed by atoms with Crippen molar-refractivity contribution in [3.05, 3.63) is 28.9 Å². The van der Waals surface area contributed by atoms with Crippen LogP contribution in [0.1, 0.15) is 25.7 Å². The number of nitrogens with one attached hydrogen (secondary N) is 1. The zero-order valence-electron chi connectivity index (χ0n) is 8.54. The lowest BCUT2D eigenvalue weighted by Crippen LogP contribution is -2.04. The van der Waals surface area contributed by atoms with E-state index in [-0.39, 0.29) is 0 Å². The van der Waals surface area contributed by atoms with Gasteiger partial charge in [-0.3, -0.25) is 0 Å². The minimum absolute atomic E-state index is 0.430. The molecular formula is C11H14ClN3. The Labute approximate surface area is 94.6 Å². The van der Waals surface area contributed by atoms with Crippen molar-refractivity contribution in [2.75, 3.05) is 11.9 Å². The van der Waals surface area contributed by atoms with Gasteiger partial charge in [0.05, 0.1) is 0 Å². The van der Waals surface area contributed by atoms with Crippen molar-refractivity contribution in [2.24, 2.45) is 0 Å². The minimum atomic E-state index is 0.430. The highest BCUT2D eigenvalue weighted by atomic mass is 35.5. The Morgan fingerprint density at radius 1 is 1.33 bits per heavy atom. The van der Waals surface area contributed by atoms with Crippen LogP contribution >= 0.6 is 11.6 Å². The summed E-state index contributed by atoms with van der Waals surface area (Å²) in [7, 11) is 0. The van der Waals surface area contributed by atoms with E-state index in [1.807, 2.05) is 6.07 Å². The van der Waals surface area contributed by atoms with Crippen molar-refractivity contribution in [3.63, 3.8) is 0 Å². The molecule has 0 unspecified atom stereocenters. The molecule has 0 fully saturated rings. The predicted molar refractivity (Wildman–Crippen MR) is 62.1 cm³/mol. The van der Waals surface area contributed by atoms with Crippen LogP contribution in [0.4, 0.5) is 5.82 Å². The van der Waals surface area contributed by atoms with E-state index in [9.17, 15) is 0 Å². The molecule has 0 radical (unpaired) electrons. The number of hydrogen-bond acceptors (Lipinski definition) is 3. The molecule has 0 bridgehead atoms. The average molecular weight is 224 g/mol. The molecule has 1 aromatic rings. The summed E-state index contributed by atoms with van der Waals surface area (Å²) >= 11 is 5.64. The highest BCUT2D eigenvalue weighted by Gasteiger charge is 2.03. The molecular weight excluding hydrogens is 210 g/mol. The zero-order valence-corrected chi connectivity index (χ0v) is 9.30. The second-order valence-electron chi connectivity index (χ2n) is 3.67. The van der Waals surface area contributed by atoms with Gasteiger partial charge in [-0.05, 0) is 37.8 Å². The number of hydrogen-bond donors (Lipinski definition) is 1. The number of allylic oxidation sites excluding steroid dienone is 1. The van der Waals surface area contributed by atoms with Crippen LogP contribution < -0.4 is 5.32 Å². The van der Waals surface area contributed by atoms with E-state index in [0.29, 0.717) is 5.15 Å². The largest absolute Gasteiger partial charge is 0.368 e. The topological polar surface area (TPSA) is 37.8 Å². The quantitative estimate of drug-likeness (QED) is 0.798. The number of aromatic nitrogens is 2. The second kappa shape index (κ2) is 5.12. The van der Waals surface area contributed by atoms with Crippen LogP contribution in [0.15, 0.2) is 23.8 Å². The number of anilines is 1. The van der Waals surface area contributed by atoms with Crippen LogP contribution in [0.2, 0.25) is 5.15 Å². The first-order valence-corrected chi connectivity index (χ1v) is 5.63. The normalized spacial score (nSPS) is 15.1. The molecule has 1 aliphatic carbocycles. The lowest BCUT2D eigenvalue weighted by Gasteiger charge is -2.04. The maximum Gasteiger partial charge on any atom is 0.151 e. The van der Waals surface area contributed by atoms with Gasteiger partial charge in [0.15, 0.2) is 5.15 Å². The van der Waals surface area contributed by atoms with Gasteiger partial charge in [-0.25, -0.2) is 0 Å². The Balaban J connectivity index is 1.75. The fourth-order valence-corrected chi connectivity index (χ4v) is 1.83. The molecule has 0 aliphatic heterocycles. The van der Waals surface area contributed by atoms with E-state index < -0.39 is 0 Å². The van der Waals surface area contributed by atoms with Gasteiger partial charge >= 0.3 is 0 Å². The first kappa shape index (κ1) is 10.4. The standard InChI is InChI=1S/C11H14ClN3/c12-10-5-6-11(15-14-10)13-8-7-9-3-1-2-4-9/h3,5-6H,1-2,4,7-8H2,(H,13,15). The molecule has 80 valence electrons. The molecule has 0 amide bonds. The van der Waals surface area contributed by atoms with Gasteiger partial charge in [0.2, 0.25) is 0 Å². The number of halogens is 1. The molecule has 1 N–H and O–H groups in total. The summed E-state index contributed by atoms with van der Waals surface area (Å²) in [6.07, 6.45) is 7.26. The van der Waals surface area contributed by atoms with Crippen LogP contribution in [0.25, 0.3) is 0 Å². The molecule has 4 heteroatoms. The Bertz CT molecular complexity index is 345. The summed E-state index contributed by atoms with van der Waals surface area (Å²) < 4.78 is 0. The third-order valence-corrected chi connectivity index (χ3v) is 2.72. The summed E-state index contributed by atoms with van der Waals surface area (Å²) in [5, 5.41) is 11.4. The molecule has 1 aliphatic rings. The van der Waals surface area contributed by atoms with Crippen LogP contribution in [0, 0.1) is 0 Å². The summed E-state index contributed by atoms with van der Waals surface area (Å²) in [5.41, 5.74) is 1.56. The van der Waals surface area contributed by atoms with Crippen LogP contribution in [-0.2, 0) is 0 Å². The monoisotopic (exact) mass is 223 g/mol. The third-order valence-electron chi connectivity index (χ3n) is 2.52. The summed E-state index contributed by atoms with van der Waals surface area (Å²) in [6.45, 7) is 0.919. The molecule has 2 rings (SSSR count). The highest BCUT2D eigenvalue weighted by Crippen LogP contribution is 2.20. The molecule has 0 saturated heterocycles. The first-order valence-electron chi connectivity index (χ1n) is 5.25. The van der Waals surface area contributed by atoms with Crippen molar-refractivity contribution >= 4 is 17.4 Å². The van der Waals surface area contributed by atoms with Crippen molar-refractivity contribution in [3.8, 4) is 0 Å². The van der Waals surface area contributed by atoms with Crippen molar-refractivity contribution in [2.45, 2.75) is 25.7 Å². The number of nitrogens with zero attached hydrogens (tertiary/aromatic N) is 2. The lowest BCUT2D eigenvalue weighted by atomic mass is 10.2. The molecule has 0 saturated carbocycles. The van der Waals surface area contributed by atoms with Gasteiger partial charge in [-0.2, -0.15) is 0 Å². The first-order chi connectivity index (χ1) is 7.34. The Hall–Kier alpha value is -1.09. The molecule has 15 heavy (non-hydrogen) atoms. The van der Waals surface area contributed by atoms with E-state index in [4.69, 9.17) is 11.6 Å². The summed E-state index contributed by atoms with van der Waals surface area (Å²) in [6, 6.07) is 3.59. The van der Waals surface area contributed by atoms with E-state index >= 15 is 0 Å². The van der Waals surface area contributed by atoms with Crippen molar-refractivity contribution in [1.29, 1.82) is 0 Å². The van der Waals surface area contributed by atoms with Gasteiger partial charge in [0, 0.05) is 6.54 Å². The fraction of sp³-hybridized carbons (Fsp3) is 0.455. The van der Waals surface area contributed by atoms with Gasteiger partial charge in [0.25, 0.3) is 0 Å². The van der Waals surface area contributed by atoms with Crippen molar-refractivity contribution in [1.82, 2.24) is 10.2 Å². The van der Waals surface area contributed by atoms with E-state index in [0.717, 1.165) is 18.8 Å². The fourth-order valence-electron chi connectivity index (χ4n) is 1.73. The molecule has 3 nitrogen and oxygen atoms in total. The summed E-state index contributed by atoms with van der Waals surface area (Å²) in [5.74, 6) is 0.790. The maximum absolute atomic E-state index is 5.64. The molecule has 1 heterocycles. The van der Waals surface area contributed by atoms with E-state index in [1.165, 1.54) is 19.3 Å². The molecule has 1 aromatic heterocycles. The van der Waals surface area contributed by atoms with Crippen molar-refractivity contribution < 1.29 is 0 Å². The minimum Gasteiger partial charge on any atom is -0.368 e. The maximum atomic E-state index is 5.64. The van der Waals surface area contributed by atoms with Gasteiger partial charge < -0.3 is 5.32 Å². The van der Waals surface area contributed by atoms with E-state index in [2.05, 4.69) is 21.6 Å². The Kier molecular flexibility index (Phi) is 3.56. The van der Waals surface area contributed by atoms with Gasteiger partial charge in [0.1, 0.15) is 5.82 Å². The Morgan fingerprint density at radius 2 is 2.27 bits per heavy atom. The third kappa shape index (κ3) is 3.20. The Morgan fingerprint density at radius 3 is 2.93 bits per heavy atom. The SMILES string of the molecule is Clc1ccc(NCCC2=CCCC2)nn1. The molecule has 0 aromatic carbocycles. The molecule has 0 atom stereocenters. The summed E-state index contributed by atoms with van der Waals surface area (Å²) in [4.78, 5) is 0. The van der Waals surface area contributed by atoms with E-state index in [1.54, 1.807) is 11.6 Å².